The number of rotatable bonds is 7. The number of nitrogens with two attached hydrogens (primary N) is 1. The molecule has 1 rings (SSSR count). The van der Waals surface area contributed by atoms with Crippen LogP contribution in [0.1, 0.15) is 32.3 Å². The van der Waals surface area contributed by atoms with Crippen molar-refractivity contribution in [2.45, 2.75) is 33.1 Å². The summed E-state index contributed by atoms with van der Waals surface area (Å²) in [5.74, 6) is 1.36. The highest BCUT2D eigenvalue weighted by molar-refractivity contribution is 5.27. The van der Waals surface area contributed by atoms with Crippen molar-refractivity contribution in [2.75, 3.05) is 13.2 Å². The minimum Gasteiger partial charge on any atom is -0.493 e. The van der Waals surface area contributed by atoms with E-state index >= 15 is 0 Å². The lowest BCUT2D eigenvalue weighted by Crippen LogP contribution is -2.18. The smallest absolute Gasteiger partial charge is 0.119 e. The fourth-order valence-electron chi connectivity index (χ4n) is 1.44. The molecule has 0 spiro atoms. The predicted octanol–water partition coefficient (Wildman–Crippen LogP) is 3.00. The second-order valence-electron chi connectivity index (χ2n) is 4.40. The number of hydrogen-bond donors (Lipinski definition) is 1. The summed E-state index contributed by atoms with van der Waals surface area (Å²) in [6.07, 6.45) is 3.66. The summed E-state index contributed by atoms with van der Waals surface area (Å²) in [4.78, 5) is 0. The van der Waals surface area contributed by atoms with Crippen molar-refractivity contribution in [1.29, 1.82) is 0 Å². The van der Waals surface area contributed by atoms with Gasteiger partial charge in [-0.05, 0) is 37.1 Å². The first kappa shape index (κ1) is 13.0. The van der Waals surface area contributed by atoms with Gasteiger partial charge in [-0.1, -0.05) is 32.4 Å². The van der Waals surface area contributed by atoms with Crippen LogP contribution in [0.5, 0.6) is 5.75 Å². The van der Waals surface area contributed by atoms with Crippen molar-refractivity contribution < 1.29 is 4.74 Å². The normalized spacial score (nSPS) is 12.4. The summed E-state index contributed by atoms with van der Waals surface area (Å²) in [7, 11) is 0. The van der Waals surface area contributed by atoms with E-state index in [1.54, 1.807) is 0 Å². The number of hydrogen-bond acceptors (Lipinski definition) is 2. The third kappa shape index (κ3) is 4.67. The largest absolute Gasteiger partial charge is 0.493 e. The lowest BCUT2D eigenvalue weighted by molar-refractivity contribution is 0.264. The fraction of sp³-hybridized carbons (Fsp3) is 0.571. The molecule has 0 radical (unpaired) electrons. The van der Waals surface area contributed by atoms with Crippen molar-refractivity contribution in [3.8, 4) is 5.75 Å². The molecule has 1 aromatic rings. The van der Waals surface area contributed by atoms with E-state index in [1.165, 1.54) is 18.4 Å². The molecular formula is C14H23NO. The number of aryl methyl sites for hydroxylation is 1. The summed E-state index contributed by atoms with van der Waals surface area (Å²) in [6, 6.07) is 8.40. The second kappa shape index (κ2) is 7.29. The van der Waals surface area contributed by atoms with Gasteiger partial charge in [-0.3, -0.25) is 0 Å². The molecule has 2 N–H and O–H groups in total. The van der Waals surface area contributed by atoms with Gasteiger partial charge in [0, 0.05) is 5.92 Å². The SMILES string of the molecule is CCCCc1ccc(OCC(C)CN)cc1. The molecule has 0 amide bonds. The highest BCUT2D eigenvalue weighted by Gasteiger charge is 2.00. The van der Waals surface area contributed by atoms with E-state index in [4.69, 9.17) is 10.5 Å². The molecule has 0 bridgehead atoms. The molecule has 0 aliphatic heterocycles. The minimum absolute atomic E-state index is 0.416. The Bertz CT molecular complexity index is 281. The molecule has 16 heavy (non-hydrogen) atoms. The average Bonchev–Trinajstić information content (AvgIpc) is 2.34. The Labute approximate surface area is 98.8 Å². The number of benzene rings is 1. The lowest BCUT2D eigenvalue weighted by atomic mass is 10.1. The van der Waals surface area contributed by atoms with Gasteiger partial charge in [-0.2, -0.15) is 0 Å². The van der Waals surface area contributed by atoms with Gasteiger partial charge in [-0.25, -0.2) is 0 Å². The molecule has 0 saturated carbocycles. The Balaban J connectivity index is 2.38. The second-order valence-corrected chi connectivity index (χ2v) is 4.40. The van der Waals surface area contributed by atoms with Crippen molar-refractivity contribution in [1.82, 2.24) is 0 Å². The van der Waals surface area contributed by atoms with E-state index in [0.29, 0.717) is 19.1 Å². The molecule has 90 valence electrons. The quantitative estimate of drug-likeness (QED) is 0.768. The monoisotopic (exact) mass is 221 g/mol. The lowest BCUT2D eigenvalue weighted by Gasteiger charge is -2.11. The van der Waals surface area contributed by atoms with Gasteiger partial charge in [0.25, 0.3) is 0 Å². The number of unbranched alkanes of at least 4 members (excludes halogenated alkanes) is 1. The zero-order valence-electron chi connectivity index (χ0n) is 10.4. The van der Waals surface area contributed by atoms with Crippen LogP contribution in [-0.4, -0.2) is 13.2 Å². The zero-order chi connectivity index (χ0) is 11.8. The third-order valence-electron chi connectivity index (χ3n) is 2.68. The van der Waals surface area contributed by atoms with Crippen LogP contribution in [0.4, 0.5) is 0 Å². The van der Waals surface area contributed by atoms with E-state index in [-0.39, 0.29) is 0 Å². The van der Waals surface area contributed by atoms with Crippen LogP contribution in [0.25, 0.3) is 0 Å². The van der Waals surface area contributed by atoms with Crippen LogP contribution in [0, 0.1) is 5.92 Å². The van der Waals surface area contributed by atoms with Crippen LogP contribution in [-0.2, 0) is 6.42 Å². The van der Waals surface area contributed by atoms with Crippen molar-refractivity contribution in [3.63, 3.8) is 0 Å². The molecule has 0 aliphatic carbocycles. The molecule has 0 aliphatic rings. The molecular weight excluding hydrogens is 198 g/mol. The number of ether oxygens (including phenoxy) is 1. The van der Waals surface area contributed by atoms with Crippen molar-refractivity contribution in [2.24, 2.45) is 11.7 Å². The first-order valence-electron chi connectivity index (χ1n) is 6.18. The van der Waals surface area contributed by atoms with Gasteiger partial charge in [0.05, 0.1) is 6.61 Å². The van der Waals surface area contributed by atoms with Gasteiger partial charge >= 0.3 is 0 Å². The van der Waals surface area contributed by atoms with E-state index in [9.17, 15) is 0 Å². The molecule has 0 heterocycles. The van der Waals surface area contributed by atoms with E-state index in [1.807, 2.05) is 12.1 Å². The maximum atomic E-state index is 5.64. The maximum absolute atomic E-state index is 5.64. The summed E-state index contributed by atoms with van der Waals surface area (Å²) >= 11 is 0. The summed E-state index contributed by atoms with van der Waals surface area (Å²) in [5, 5.41) is 0. The highest BCUT2D eigenvalue weighted by atomic mass is 16.5. The Morgan fingerprint density at radius 1 is 1.25 bits per heavy atom. The molecule has 0 aromatic heterocycles. The predicted molar refractivity (Wildman–Crippen MR) is 68.8 cm³/mol. The van der Waals surface area contributed by atoms with Crippen molar-refractivity contribution in [3.05, 3.63) is 29.8 Å². The van der Waals surface area contributed by atoms with Crippen LogP contribution >= 0.6 is 0 Å². The summed E-state index contributed by atoms with van der Waals surface area (Å²) in [6.45, 7) is 5.68. The first-order chi connectivity index (χ1) is 7.76. The highest BCUT2D eigenvalue weighted by Crippen LogP contribution is 2.14. The fourth-order valence-corrected chi connectivity index (χ4v) is 1.44. The van der Waals surface area contributed by atoms with Gasteiger partial charge < -0.3 is 10.5 Å². The van der Waals surface area contributed by atoms with Crippen molar-refractivity contribution >= 4 is 0 Å². The van der Waals surface area contributed by atoms with Gasteiger partial charge in [0.15, 0.2) is 0 Å². The first-order valence-corrected chi connectivity index (χ1v) is 6.18. The Hall–Kier alpha value is -1.02. The van der Waals surface area contributed by atoms with E-state index < -0.39 is 0 Å². The maximum Gasteiger partial charge on any atom is 0.119 e. The molecule has 2 heteroatoms. The Morgan fingerprint density at radius 3 is 2.50 bits per heavy atom. The zero-order valence-corrected chi connectivity index (χ0v) is 10.4. The van der Waals surface area contributed by atoms with E-state index in [2.05, 4.69) is 26.0 Å². The Morgan fingerprint density at radius 2 is 1.94 bits per heavy atom. The third-order valence-corrected chi connectivity index (χ3v) is 2.68. The van der Waals surface area contributed by atoms with Gasteiger partial charge in [0.2, 0.25) is 0 Å². The molecule has 1 aromatic carbocycles. The molecule has 0 fully saturated rings. The van der Waals surface area contributed by atoms with Crippen LogP contribution in [0.2, 0.25) is 0 Å². The molecule has 1 atom stereocenters. The van der Waals surface area contributed by atoms with Gasteiger partial charge in [-0.15, -0.1) is 0 Å². The standard InChI is InChI=1S/C14H23NO/c1-3-4-5-13-6-8-14(9-7-13)16-11-12(2)10-15/h6-9,12H,3-5,10-11,15H2,1-2H3. The summed E-state index contributed by atoms with van der Waals surface area (Å²) in [5.41, 5.74) is 6.93. The molecule has 2 nitrogen and oxygen atoms in total. The van der Waals surface area contributed by atoms with Crippen LogP contribution in [0.15, 0.2) is 24.3 Å². The minimum atomic E-state index is 0.416. The summed E-state index contributed by atoms with van der Waals surface area (Å²) < 4.78 is 5.64. The topological polar surface area (TPSA) is 35.2 Å². The van der Waals surface area contributed by atoms with Crippen LogP contribution in [0.3, 0.4) is 0 Å². The van der Waals surface area contributed by atoms with Crippen LogP contribution < -0.4 is 10.5 Å². The van der Waals surface area contributed by atoms with E-state index in [0.717, 1.165) is 12.2 Å². The average molecular weight is 221 g/mol. The molecule has 0 saturated heterocycles. The Kier molecular flexibility index (Phi) is 5.94. The molecule has 1 unspecified atom stereocenters. The van der Waals surface area contributed by atoms with Gasteiger partial charge in [0.1, 0.15) is 5.75 Å².